The molecule has 6 N–H and O–H groups in total. The number of aliphatic hydroxyl groups excluding tert-OH is 6. The van der Waals surface area contributed by atoms with Gasteiger partial charge in [-0.05, 0) is 6.92 Å². The van der Waals surface area contributed by atoms with E-state index in [4.69, 9.17) is 19.3 Å². The average molecular weight is 324 g/mol. The molecule has 22 heavy (non-hydrogen) atoms. The van der Waals surface area contributed by atoms with Crippen LogP contribution < -0.4 is 0 Å². The predicted octanol–water partition coefficient (Wildman–Crippen LogP) is -4.16. The Bertz CT molecular complexity index is 403. The van der Waals surface area contributed by atoms with Crippen molar-refractivity contribution in [2.75, 3.05) is 6.61 Å². The van der Waals surface area contributed by atoms with Crippen LogP contribution in [-0.2, 0) is 19.0 Å². The molecule has 0 spiro atoms. The van der Waals surface area contributed by atoms with Gasteiger partial charge in [0.25, 0.3) is 0 Å². The molecule has 128 valence electrons. The standard InChI is InChI=1S/C12H20O10/c1-3(14)5(16)6(17)9(4(15)2-13)20-11-8(19)7(18)10-12(21-10)22-11/h4-13,15-19H,2H2,1H3/t4-,5+,6-,7?,8?,9-,10?,11?,12+/m1/s1. The molecule has 0 aliphatic carbocycles. The number of carbonyl (C=O) groups excluding carboxylic acids is 1. The number of carbonyl (C=O) groups is 1. The maximum Gasteiger partial charge on any atom is 0.190 e. The highest BCUT2D eigenvalue weighted by molar-refractivity contribution is 5.80. The third kappa shape index (κ3) is 3.45. The van der Waals surface area contributed by atoms with Crippen LogP contribution in [-0.4, -0.2) is 98.3 Å². The Balaban J connectivity index is 2.07. The van der Waals surface area contributed by atoms with E-state index in [1.165, 1.54) is 0 Å². The van der Waals surface area contributed by atoms with Gasteiger partial charge in [-0.3, -0.25) is 4.79 Å². The van der Waals surface area contributed by atoms with Crippen LogP contribution in [0.4, 0.5) is 0 Å². The summed E-state index contributed by atoms with van der Waals surface area (Å²) < 4.78 is 15.2. The zero-order valence-electron chi connectivity index (χ0n) is 11.7. The minimum absolute atomic E-state index is 0.677. The van der Waals surface area contributed by atoms with Crippen LogP contribution in [0.25, 0.3) is 0 Å². The van der Waals surface area contributed by atoms with Crippen molar-refractivity contribution in [3.05, 3.63) is 0 Å². The van der Waals surface area contributed by atoms with Crippen LogP contribution in [0.5, 0.6) is 0 Å². The van der Waals surface area contributed by atoms with E-state index in [-0.39, 0.29) is 0 Å². The van der Waals surface area contributed by atoms with Crippen molar-refractivity contribution >= 4 is 5.78 Å². The fourth-order valence-electron chi connectivity index (χ4n) is 2.22. The lowest BCUT2D eigenvalue weighted by atomic mass is 10.00. The van der Waals surface area contributed by atoms with Crippen molar-refractivity contribution in [3.8, 4) is 0 Å². The van der Waals surface area contributed by atoms with E-state index in [0.29, 0.717) is 0 Å². The molecular weight excluding hydrogens is 304 g/mol. The molecule has 2 aliphatic rings. The number of hydrogen-bond acceptors (Lipinski definition) is 10. The van der Waals surface area contributed by atoms with Crippen molar-refractivity contribution in [1.29, 1.82) is 0 Å². The van der Waals surface area contributed by atoms with E-state index in [1.54, 1.807) is 0 Å². The average Bonchev–Trinajstić information content (AvgIpc) is 3.26. The van der Waals surface area contributed by atoms with Gasteiger partial charge in [-0.15, -0.1) is 0 Å². The molecule has 10 nitrogen and oxygen atoms in total. The molecule has 0 saturated carbocycles. The van der Waals surface area contributed by atoms with E-state index in [1.807, 2.05) is 0 Å². The van der Waals surface area contributed by atoms with E-state index < -0.39 is 67.7 Å². The van der Waals surface area contributed by atoms with Gasteiger partial charge in [0.2, 0.25) is 0 Å². The van der Waals surface area contributed by atoms with Gasteiger partial charge in [0.15, 0.2) is 18.4 Å². The number of ether oxygens (including phenoxy) is 3. The van der Waals surface area contributed by atoms with Gasteiger partial charge in [0.05, 0.1) is 6.61 Å². The van der Waals surface area contributed by atoms with Crippen LogP contribution >= 0.6 is 0 Å². The summed E-state index contributed by atoms with van der Waals surface area (Å²) in [5.74, 6) is -0.776. The fraction of sp³-hybridized carbons (Fsp3) is 0.917. The number of Topliss-reactive ketones (excluding diaryl/α,β-unsaturated/α-hetero) is 1. The van der Waals surface area contributed by atoms with Crippen molar-refractivity contribution in [1.82, 2.24) is 0 Å². The molecule has 10 heteroatoms. The number of epoxide rings is 1. The maximum atomic E-state index is 11.1. The smallest absolute Gasteiger partial charge is 0.190 e. The zero-order chi connectivity index (χ0) is 16.6. The van der Waals surface area contributed by atoms with Crippen molar-refractivity contribution in [3.63, 3.8) is 0 Å². The lowest BCUT2D eigenvalue weighted by Crippen LogP contribution is -2.56. The normalized spacial score (nSPS) is 39.5. The van der Waals surface area contributed by atoms with Gasteiger partial charge in [-0.2, -0.15) is 0 Å². The molecule has 0 aromatic rings. The van der Waals surface area contributed by atoms with Crippen molar-refractivity contribution in [2.24, 2.45) is 0 Å². The van der Waals surface area contributed by atoms with Gasteiger partial charge >= 0.3 is 0 Å². The molecule has 2 saturated heterocycles. The molecule has 0 amide bonds. The highest BCUT2D eigenvalue weighted by Crippen LogP contribution is 2.36. The number of rotatable bonds is 7. The molecule has 2 heterocycles. The van der Waals surface area contributed by atoms with E-state index in [0.717, 1.165) is 6.92 Å². The Kier molecular flexibility index (Phi) is 5.48. The molecule has 4 unspecified atom stereocenters. The largest absolute Gasteiger partial charge is 0.394 e. The number of hydrogen-bond donors (Lipinski definition) is 6. The first-order valence-corrected chi connectivity index (χ1v) is 6.76. The molecule has 0 radical (unpaired) electrons. The van der Waals surface area contributed by atoms with Crippen LogP contribution in [0.1, 0.15) is 6.92 Å². The molecule has 2 fully saturated rings. The number of fused-ring (bicyclic) bond motifs is 1. The molecule has 0 bridgehead atoms. The second kappa shape index (κ2) is 6.83. The van der Waals surface area contributed by atoms with E-state index in [9.17, 15) is 30.3 Å². The Labute approximate surface area is 125 Å². The summed E-state index contributed by atoms with van der Waals surface area (Å²) in [6.45, 7) is 0.189. The van der Waals surface area contributed by atoms with Crippen molar-refractivity contribution < 1.29 is 49.6 Å². The third-order valence-corrected chi connectivity index (χ3v) is 3.65. The summed E-state index contributed by atoms with van der Waals surface area (Å²) in [6.07, 6.45) is -12.8. The van der Waals surface area contributed by atoms with Gasteiger partial charge in [0.1, 0.15) is 42.7 Å². The highest BCUT2D eigenvalue weighted by atomic mass is 16.8. The SMILES string of the molecule is CC(=O)[C@H](O)[C@@H](O)[C@H](OC1O[C@@H]2OC2C(O)C1O)[C@H](O)CO. The number of aliphatic hydroxyl groups is 6. The minimum atomic E-state index is -1.87. The Morgan fingerprint density at radius 2 is 1.82 bits per heavy atom. The summed E-state index contributed by atoms with van der Waals surface area (Å²) in [6, 6.07) is 0. The molecule has 2 aliphatic heterocycles. The van der Waals surface area contributed by atoms with Gasteiger partial charge in [0, 0.05) is 0 Å². The number of ketones is 1. The first kappa shape index (κ1) is 17.7. The minimum Gasteiger partial charge on any atom is -0.394 e. The molecule has 2 rings (SSSR count). The highest BCUT2D eigenvalue weighted by Gasteiger charge is 2.57. The fourth-order valence-corrected chi connectivity index (χ4v) is 2.22. The molecule has 0 aromatic heterocycles. The van der Waals surface area contributed by atoms with Gasteiger partial charge < -0.3 is 44.8 Å². The maximum absolute atomic E-state index is 11.1. The first-order valence-electron chi connectivity index (χ1n) is 6.76. The second-order valence-corrected chi connectivity index (χ2v) is 5.35. The van der Waals surface area contributed by atoms with Gasteiger partial charge in [-0.25, -0.2) is 0 Å². The van der Waals surface area contributed by atoms with E-state index >= 15 is 0 Å². The predicted molar refractivity (Wildman–Crippen MR) is 66.2 cm³/mol. The zero-order valence-corrected chi connectivity index (χ0v) is 11.7. The van der Waals surface area contributed by atoms with E-state index in [2.05, 4.69) is 0 Å². The Morgan fingerprint density at radius 1 is 1.18 bits per heavy atom. The topological polar surface area (TPSA) is 169 Å². The first-order chi connectivity index (χ1) is 10.3. The summed E-state index contributed by atoms with van der Waals surface area (Å²) in [5, 5.41) is 57.7. The Hall–Kier alpha value is -0.690. The third-order valence-electron chi connectivity index (χ3n) is 3.65. The molecule has 0 aromatic carbocycles. The van der Waals surface area contributed by atoms with Crippen molar-refractivity contribution in [2.45, 2.75) is 62.2 Å². The lowest BCUT2D eigenvalue weighted by molar-refractivity contribution is -0.286. The second-order valence-electron chi connectivity index (χ2n) is 5.35. The van der Waals surface area contributed by atoms with Crippen LogP contribution in [0.3, 0.4) is 0 Å². The molecular formula is C12H20O10. The van der Waals surface area contributed by atoms with Crippen LogP contribution in [0.15, 0.2) is 0 Å². The lowest BCUT2D eigenvalue weighted by Gasteiger charge is -2.35. The summed E-state index contributed by atoms with van der Waals surface area (Å²) in [5.41, 5.74) is 0. The van der Waals surface area contributed by atoms with Crippen LogP contribution in [0.2, 0.25) is 0 Å². The van der Waals surface area contributed by atoms with Crippen LogP contribution in [0, 0.1) is 0 Å². The van der Waals surface area contributed by atoms with Gasteiger partial charge in [-0.1, -0.05) is 0 Å². The Morgan fingerprint density at radius 3 is 2.36 bits per heavy atom. The summed E-state index contributed by atoms with van der Waals surface area (Å²) in [4.78, 5) is 11.1. The summed E-state index contributed by atoms with van der Waals surface area (Å²) >= 11 is 0. The monoisotopic (exact) mass is 324 g/mol. The molecule has 9 atom stereocenters. The quantitative estimate of drug-likeness (QED) is 0.253. The summed E-state index contributed by atoms with van der Waals surface area (Å²) in [7, 11) is 0.